The number of oxime groups is 1. The molecule has 0 aromatic heterocycles. The molecule has 0 unspecified atom stereocenters. The van der Waals surface area contributed by atoms with Crippen LogP contribution in [-0.2, 0) is 4.79 Å². The fraction of sp³-hybridized carbons (Fsp3) is 0.778. The van der Waals surface area contributed by atoms with E-state index in [-0.39, 0.29) is 18.2 Å². The monoisotopic (exact) mass is 201 g/mol. The Hall–Kier alpha value is -1.26. The second-order valence-corrected chi connectivity index (χ2v) is 3.10. The molecule has 0 aliphatic carbocycles. The average Bonchev–Trinajstić information content (AvgIpc) is 2.18. The summed E-state index contributed by atoms with van der Waals surface area (Å²) in [6.45, 7) is 5.39. The molecule has 0 aliphatic rings. The molecule has 0 fully saturated rings. The number of amidine groups is 1. The van der Waals surface area contributed by atoms with Crippen LogP contribution in [0.5, 0.6) is 0 Å². The van der Waals surface area contributed by atoms with E-state index >= 15 is 0 Å². The Labute approximate surface area is 84.6 Å². The molecule has 82 valence electrons. The lowest BCUT2D eigenvalue weighted by Crippen LogP contribution is -2.34. The highest BCUT2D eigenvalue weighted by molar-refractivity contribution is 5.98. The first-order valence-electron chi connectivity index (χ1n) is 4.89. The number of unbranched alkanes of at least 4 members (excludes halogenated alkanes) is 1. The van der Waals surface area contributed by atoms with Crippen LogP contribution >= 0.6 is 0 Å². The summed E-state index contributed by atoms with van der Waals surface area (Å²) in [7, 11) is 0. The zero-order valence-corrected chi connectivity index (χ0v) is 8.86. The van der Waals surface area contributed by atoms with Gasteiger partial charge in [-0.25, -0.2) is 0 Å². The molecule has 0 saturated heterocycles. The second kappa shape index (κ2) is 7.17. The van der Waals surface area contributed by atoms with E-state index < -0.39 is 0 Å². The molecule has 1 amide bonds. The lowest BCUT2D eigenvalue weighted by molar-refractivity contribution is -0.129. The van der Waals surface area contributed by atoms with E-state index in [1.807, 2.05) is 6.92 Å². The summed E-state index contributed by atoms with van der Waals surface area (Å²) in [6.07, 6.45) is 2.02. The number of carbonyl (C=O) groups is 1. The van der Waals surface area contributed by atoms with Gasteiger partial charge in [0.25, 0.3) is 0 Å². The van der Waals surface area contributed by atoms with Crippen molar-refractivity contribution in [3.63, 3.8) is 0 Å². The third-order valence-electron chi connectivity index (χ3n) is 1.98. The van der Waals surface area contributed by atoms with E-state index in [0.717, 1.165) is 19.4 Å². The molecule has 0 saturated carbocycles. The Morgan fingerprint density at radius 1 is 1.50 bits per heavy atom. The summed E-state index contributed by atoms with van der Waals surface area (Å²) >= 11 is 0. The molecule has 0 atom stereocenters. The highest BCUT2D eigenvalue weighted by atomic mass is 16.4. The smallest absolute Gasteiger partial charge is 0.230 e. The summed E-state index contributed by atoms with van der Waals surface area (Å²) in [5.41, 5.74) is 5.25. The maximum Gasteiger partial charge on any atom is 0.230 e. The van der Waals surface area contributed by atoms with Gasteiger partial charge in [-0.2, -0.15) is 0 Å². The van der Waals surface area contributed by atoms with Crippen molar-refractivity contribution in [2.45, 2.75) is 33.1 Å². The Morgan fingerprint density at radius 2 is 2.14 bits per heavy atom. The van der Waals surface area contributed by atoms with Crippen LogP contribution in [0, 0.1) is 0 Å². The molecule has 0 aliphatic heterocycles. The van der Waals surface area contributed by atoms with E-state index in [1.54, 1.807) is 4.90 Å². The van der Waals surface area contributed by atoms with Gasteiger partial charge in [0.2, 0.25) is 5.91 Å². The van der Waals surface area contributed by atoms with Gasteiger partial charge >= 0.3 is 0 Å². The van der Waals surface area contributed by atoms with Crippen LogP contribution in [0.3, 0.4) is 0 Å². The van der Waals surface area contributed by atoms with Crippen molar-refractivity contribution in [1.82, 2.24) is 4.90 Å². The van der Waals surface area contributed by atoms with Crippen molar-refractivity contribution >= 4 is 11.7 Å². The van der Waals surface area contributed by atoms with Crippen molar-refractivity contribution in [3.05, 3.63) is 0 Å². The molecule has 0 aromatic carbocycles. The van der Waals surface area contributed by atoms with Crippen LogP contribution < -0.4 is 5.73 Å². The molecule has 5 nitrogen and oxygen atoms in total. The van der Waals surface area contributed by atoms with Crippen LogP contribution in [0.25, 0.3) is 0 Å². The SMILES string of the molecule is CCCCN(CC)C(=O)C/C(N)=N/O. The molecule has 5 heteroatoms. The van der Waals surface area contributed by atoms with Gasteiger partial charge in [0.1, 0.15) is 5.84 Å². The van der Waals surface area contributed by atoms with Gasteiger partial charge in [0, 0.05) is 13.1 Å². The Bertz CT molecular complexity index is 204. The van der Waals surface area contributed by atoms with Crippen molar-refractivity contribution in [2.75, 3.05) is 13.1 Å². The molecular weight excluding hydrogens is 182 g/mol. The van der Waals surface area contributed by atoms with E-state index in [4.69, 9.17) is 10.9 Å². The van der Waals surface area contributed by atoms with Crippen molar-refractivity contribution in [2.24, 2.45) is 10.9 Å². The van der Waals surface area contributed by atoms with Gasteiger partial charge in [0.05, 0.1) is 6.42 Å². The van der Waals surface area contributed by atoms with Crippen LogP contribution in [-0.4, -0.2) is 34.9 Å². The van der Waals surface area contributed by atoms with E-state index in [2.05, 4.69) is 12.1 Å². The third-order valence-corrected chi connectivity index (χ3v) is 1.98. The topological polar surface area (TPSA) is 78.9 Å². The van der Waals surface area contributed by atoms with E-state index in [9.17, 15) is 4.79 Å². The molecule has 0 aromatic rings. The zero-order chi connectivity index (χ0) is 11.0. The molecule has 0 radical (unpaired) electrons. The molecule has 3 N–H and O–H groups in total. The highest BCUT2D eigenvalue weighted by Crippen LogP contribution is 1.98. The van der Waals surface area contributed by atoms with Gasteiger partial charge in [-0.1, -0.05) is 18.5 Å². The number of nitrogens with two attached hydrogens (primary N) is 1. The van der Waals surface area contributed by atoms with Gasteiger partial charge in [-0.3, -0.25) is 4.79 Å². The van der Waals surface area contributed by atoms with E-state index in [0.29, 0.717) is 6.54 Å². The predicted molar refractivity (Wildman–Crippen MR) is 55.2 cm³/mol. The Morgan fingerprint density at radius 3 is 2.57 bits per heavy atom. The molecule has 0 bridgehead atoms. The fourth-order valence-corrected chi connectivity index (χ4v) is 1.11. The third kappa shape index (κ3) is 4.69. The number of amides is 1. The van der Waals surface area contributed by atoms with Crippen molar-refractivity contribution < 1.29 is 10.0 Å². The first-order chi connectivity index (χ1) is 6.65. The van der Waals surface area contributed by atoms with Crippen LogP contribution in [0.2, 0.25) is 0 Å². The summed E-state index contributed by atoms with van der Waals surface area (Å²) in [5, 5.41) is 11.1. The van der Waals surface area contributed by atoms with Gasteiger partial charge in [-0.15, -0.1) is 0 Å². The van der Waals surface area contributed by atoms with Crippen molar-refractivity contribution in [1.29, 1.82) is 0 Å². The lowest BCUT2D eigenvalue weighted by Gasteiger charge is -2.20. The number of carbonyl (C=O) groups excluding carboxylic acids is 1. The first kappa shape index (κ1) is 12.7. The van der Waals surface area contributed by atoms with Crippen molar-refractivity contribution in [3.8, 4) is 0 Å². The van der Waals surface area contributed by atoms with Gasteiger partial charge in [0.15, 0.2) is 0 Å². The molecule has 14 heavy (non-hydrogen) atoms. The number of rotatable bonds is 6. The largest absolute Gasteiger partial charge is 0.409 e. The molecule has 0 heterocycles. The highest BCUT2D eigenvalue weighted by Gasteiger charge is 2.12. The maximum atomic E-state index is 11.5. The molecule has 0 spiro atoms. The van der Waals surface area contributed by atoms with Gasteiger partial charge in [-0.05, 0) is 13.3 Å². The number of hydrogen-bond donors (Lipinski definition) is 2. The van der Waals surface area contributed by atoms with Crippen LogP contribution in [0.1, 0.15) is 33.1 Å². The fourth-order valence-electron chi connectivity index (χ4n) is 1.11. The van der Waals surface area contributed by atoms with Crippen LogP contribution in [0.4, 0.5) is 0 Å². The average molecular weight is 201 g/mol. The number of nitrogens with zero attached hydrogens (tertiary/aromatic N) is 2. The standard InChI is InChI=1S/C9H19N3O2/c1-3-5-6-12(4-2)9(13)7-8(10)11-14/h14H,3-7H2,1-2H3,(H2,10,11). The Kier molecular flexibility index (Phi) is 6.53. The lowest BCUT2D eigenvalue weighted by atomic mass is 10.3. The minimum absolute atomic E-state index is 0.00590. The van der Waals surface area contributed by atoms with Gasteiger partial charge < -0.3 is 15.8 Å². The minimum Gasteiger partial charge on any atom is -0.409 e. The molecule has 0 rings (SSSR count). The van der Waals surface area contributed by atoms with E-state index in [1.165, 1.54) is 0 Å². The summed E-state index contributed by atoms with van der Waals surface area (Å²) in [5.74, 6) is -0.124. The zero-order valence-electron chi connectivity index (χ0n) is 8.86. The van der Waals surface area contributed by atoms with Crippen LogP contribution in [0.15, 0.2) is 5.16 Å². The predicted octanol–water partition coefficient (Wildman–Crippen LogP) is 0.772. The quantitative estimate of drug-likeness (QED) is 0.288. The summed E-state index contributed by atoms with van der Waals surface area (Å²) < 4.78 is 0. The Balaban J connectivity index is 4.04. The molecular formula is C9H19N3O2. The summed E-state index contributed by atoms with van der Waals surface area (Å²) in [4.78, 5) is 13.2. The first-order valence-corrected chi connectivity index (χ1v) is 4.89. The second-order valence-electron chi connectivity index (χ2n) is 3.10. The minimum atomic E-state index is -0.0868. The normalized spacial score (nSPS) is 11.4. The number of hydrogen-bond acceptors (Lipinski definition) is 3. The summed E-state index contributed by atoms with van der Waals surface area (Å²) in [6, 6.07) is 0. The maximum absolute atomic E-state index is 11.5.